The molecule has 2 aliphatic heterocycles. The van der Waals surface area contributed by atoms with Crippen molar-refractivity contribution in [1.82, 2.24) is 10.3 Å². The molecule has 4 aliphatic rings. The molecule has 3 heterocycles. The molecule has 2 aromatic rings. The lowest BCUT2D eigenvalue weighted by Gasteiger charge is -2.46. The number of epoxide rings is 1. The van der Waals surface area contributed by atoms with Crippen molar-refractivity contribution in [2.75, 3.05) is 0 Å². The zero-order valence-corrected chi connectivity index (χ0v) is 23.1. The van der Waals surface area contributed by atoms with Crippen LogP contribution in [0.2, 0.25) is 0 Å². The number of aromatic nitrogens is 1. The number of rotatable bonds is 2. The largest absolute Gasteiger partial charge is 0.381 e. The molecule has 1 spiro atoms. The third-order valence-electron chi connectivity index (χ3n) is 10.1. The number of aliphatic hydroxyl groups is 1. The molecule has 3 N–H and O–H groups in total. The standard InChI is InChI=1S/C32H38N2O5/c1-17-8-7-10-22-29-31(4,39-29)19(3)27-24(15-20-16-33-23-11-6-5-9-21(20)23)34-30(38)32(22,27)26(36)13-12-25(35)28(37)18(2)14-17/h5-7,9-11,14,16-17,19,22,24,27-29,33,37H,8,12-13,15H2,1-4H3,(H,34,38)/t17-,19-,22-,24?,27-,28+,29-,31+,32-/m0/s1. The van der Waals surface area contributed by atoms with Gasteiger partial charge < -0.3 is 20.1 Å². The fourth-order valence-electron chi connectivity index (χ4n) is 7.94. The number of Topliss-reactive ketones (excluding diaryl/α,β-unsaturated/α-hetero) is 2. The van der Waals surface area contributed by atoms with Crippen LogP contribution in [0.15, 0.2) is 54.3 Å². The Kier molecular flexibility index (Phi) is 6.23. The van der Waals surface area contributed by atoms with Gasteiger partial charge in [0, 0.05) is 47.8 Å². The molecule has 3 fully saturated rings. The molecule has 1 unspecified atom stereocenters. The Balaban J connectivity index is 1.43. The maximum absolute atomic E-state index is 14.3. The van der Waals surface area contributed by atoms with Crippen LogP contribution < -0.4 is 5.32 Å². The summed E-state index contributed by atoms with van der Waals surface area (Å²) in [5.74, 6) is -1.54. The first-order chi connectivity index (χ1) is 18.6. The molecule has 7 nitrogen and oxygen atoms in total. The molecule has 1 aromatic heterocycles. The quantitative estimate of drug-likeness (QED) is 0.308. The van der Waals surface area contributed by atoms with E-state index >= 15 is 0 Å². The van der Waals surface area contributed by atoms with Crippen LogP contribution in [-0.2, 0) is 25.5 Å². The molecule has 1 saturated carbocycles. The number of allylic oxidation sites excluding steroid dienone is 2. The van der Waals surface area contributed by atoms with E-state index in [1.165, 1.54) is 0 Å². The molecule has 2 aliphatic carbocycles. The van der Waals surface area contributed by atoms with E-state index in [1.807, 2.05) is 43.5 Å². The average Bonchev–Trinajstić information content (AvgIpc) is 3.31. The summed E-state index contributed by atoms with van der Waals surface area (Å²) in [7, 11) is 0. The van der Waals surface area contributed by atoms with Crippen molar-refractivity contribution in [2.24, 2.45) is 29.1 Å². The van der Waals surface area contributed by atoms with Gasteiger partial charge in [-0.3, -0.25) is 14.4 Å². The number of hydrogen-bond acceptors (Lipinski definition) is 5. The van der Waals surface area contributed by atoms with Crippen LogP contribution in [0.5, 0.6) is 0 Å². The Hall–Kier alpha value is -3.03. The van der Waals surface area contributed by atoms with Crippen LogP contribution >= 0.6 is 0 Å². The summed E-state index contributed by atoms with van der Waals surface area (Å²) in [6.07, 6.45) is 7.62. The molecular weight excluding hydrogens is 492 g/mol. The smallest absolute Gasteiger partial charge is 0.235 e. The molecule has 1 aromatic carbocycles. The number of amides is 1. The van der Waals surface area contributed by atoms with Gasteiger partial charge in [-0.25, -0.2) is 0 Å². The predicted molar refractivity (Wildman–Crippen MR) is 148 cm³/mol. The van der Waals surface area contributed by atoms with Crippen molar-refractivity contribution < 1.29 is 24.2 Å². The third-order valence-corrected chi connectivity index (χ3v) is 10.1. The molecule has 39 heavy (non-hydrogen) atoms. The number of benzene rings is 1. The Labute approximate surface area is 229 Å². The van der Waals surface area contributed by atoms with Crippen molar-refractivity contribution in [2.45, 2.75) is 77.2 Å². The summed E-state index contributed by atoms with van der Waals surface area (Å²) in [5.41, 5.74) is 0.997. The second-order valence-electron chi connectivity index (χ2n) is 12.4. The number of para-hydroxylation sites is 1. The van der Waals surface area contributed by atoms with E-state index in [2.05, 4.69) is 36.3 Å². The Morgan fingerprint density at radius 3 is 2.69 bits per heavy atom. The van der Waals surface area contributed by atoms with Gasteiger partial charge in [-0.2, -0.15) is 0 Å². The Bertz CT molecular complexity index is 1410. The highest BCUT2D eigenvalue weighted by Gasteiger charge is 2.78. The number of aromatic amines is 1. The number of ketones is 2. The highest BCUT2D eigenvalue weighted by molar-refractivity contribution is 6.10. The van der Waals surface area contributed by atoms with Crippen molar-refractivity contribution in [3.8, 4) is 0 Å². The second-order valence-corrected chi connectivity index (χ2v) is 12.4. The van der Waals surface area contributed by atoms with Gasteiger partial charge in [0.25, 0.3) is 0 Å². The SMILES string of the molecule is CC1=C[C@@H](C)CC=C[C@H]2[C@@H]3O[C@]3(C)[C@@H](C)[C@H]3C(Cc4c[nH]c5ccccc45)NC(=O)[C@@]32C(=O)CCC(=O)[C@@H]1O. The van der Waals surface area contributed by atoms with Crippen LogP contribution in [0.3, 0.4) is 0 Å². The zero-order valence-electron chi connectivity index (χ0n) is 23.1. The minimum atomic E-state index is -1.32. The molecule has 9 atom stereocenters. The normalized spacial score (nSPS) is 40.5. The van der Waals surface area contributed by atoms with Crippen LogP contribution in [0.25, 0.3) is 10.9 Å². The Morgan fingerprint density at radius 2 is 1.90 bits per heavy atom. The van der Waals surface area contributed by atoms with E-state index in [4.69, 9.17) is 4.74 Å². The van der Waals surface area contributed by atoms with Crippen molar-refractivity contribution in [1.29, 1.82) is 0 Å². The van der Waals surface area contributed by atoms with E-state index in [9.17, 15) is 19.5 Å². The highest BCUT2D eigenvalue weighted by atomic mass is 16.6. The number of carbonyl (C=O) groups is 3. The van der Waals surface area contributed by atoms with Gasteiger partial charge in [0.05, 0.1) is 11.7 Å². The molecule has 0 bridgehead atoms. The van der Waals surface area contributed by atoms with Crippen LogP contribution in [0.4, 0.5) is 0 Å². The molecule has 0 radical (unpaired) electrons. The van der Waals surface area contributed by atoms with E-state index < -0.39 is 23.0 Å². The van der Waals surface area contributed by atoms with Crippen LogP contribution in [0, 0.1) is 29.1 Å². The number of aliphatic hydroxyl groups excluding tert-OH is 1. The second kappa shape index (κ2) is 9.27. The van der Waals surface area contributed by atoms with Crippen molar-refractivity contribution in [3.63, 3.8) is 0 Å². The average molecular weight is 531 g/mol. The van der Waals surface area contributed by atoms with Crippen molar-refractivity contribution in [3.05, 3.63) is 59.8 Å². The molecule has 2 saturated heterocycles. The lowest BCUT2D eigenvalue weighted by Crippen LogP contribution is -2.58. The topological polar surface area (TPSA) is 112 Å². The number of nitrogens with one attached hydrogen (secondary N) is 2. The minimum absolute atomic E-state index is 0.0509. The Morgan fingerprint density at radius 1 is 1.13 bits per heavy atom. The lowest BCUT2D eigenvalue weighted by atomic mass is 9.51. The van der Waals surface area contributed by atoms with Crippen LogP contribution in [0.1, 0.15) is 52.5 Å². The maximum atomic E-state index is 14.3. The predicted octanol–water partition coefficient (Wildman–Crippen LogP) is 4.06. The summed E-state index contributed by atoms with van der Waals surface area (Å²) < 4.78 is 6.35. The maximum Gasteiger partial charge on any atom is 0.235 e. The third kappa shape index (κ3) is 3.88. The van der Waals surface area contributed by atoms with Gasteiger partial charge in [0.15, 0.2) is 5.78 Å². The monoisotopic (exact) mass is 530 g/mol. The van der Waals surface area contributed by atoms with Crippen molar-refractivity contribution >= 4 is 28.4 Å². The summed E-state index contributed by atoms with van der Waals surface area (Å²) in [4.78, 5) is 44.7. The molecule has 6 rings (SSSR count). The number of hydrogen-bond donors (Lipinski definition) is 3. The van der Waals surface area contributed by atoms with Gasteiger partial charge >= 0.3 is 0 Å². The van der Waals surface area contributed by atoms with Gasteiger partial charge in [-0.15, -0.1) is 0 Å². The van der Waals surface area contributed by atoms with E-state index in [0.717, 1.165) is 16.5 Å². The zero-order chi connectivity index (χ0) is 27.7. The van der Waals surface area contributed by atoms with Gasteiger partial charge in [-0.05, 0) is 55.7 Å². The minimum Gasteiger partial charge on any atom is -0.381 e. The number of H-pyrrole nitrogens is 1. The van der Waals surface area contributed by atoms with Gasteiger partial charge in [0.1, 0.15) is 17.3 Å². The van der Waals surface area contributed by atoms with E-state index in [1.54, 1.807) is 6.92 Å². The van der Waals surface area contributed by atoms with E-state index in [-0.39, 0.29) is 60.2 Å². The number of ether oxygens (including phenoxy) is 1. The summed E-state index contributed by atoms with van der Waals surface area (Å²) >= 11 is 0. The van der Waals surface area contributed by atoms with Gasteiger partial charge in [-0.1, -0.05) is 50.3 Å². The molecule has 1 amide bonds. The summed E-state index contributed by atoms with van der Waals surface area (Å²) in [6.45, 7) is 8.00. The van der Waals surface area contributed by atoms with E-state index in [0.29, 0.717) is 18.4 Å². The summed E-state index contributed by atoms with van der Waals surface area (Å²) in [6, 6.07) is 7.84. The van der Waals surface area contributed by atoms with Crippen LogP contribution in [-0.4, -0.2) is 51.4 Å². The highest BCUT2D eigenvalue weighted by Crippen LogP contribution is 2.66. The number of fused-ring (bicyclic) bond motifs is 3. The first-order valence-electron chi connectivity index (χ1n) is 14.2. The summed E-state index contributed by atoms with van der Waals surface area (Å²) in [5, 5.41) is 15.0. The molecule has 206 valence electrons. The lowest BCUT2D eigenvalue weighted by molar-refractivity contribution is -0.149. The first kappa shape index (κ1) is 26.2. The fraction of sp³-hybridized carbons (Fsp3) is 0.531. The molecular formula is C32H38N2O5. The number of carbonyl (C=O) groups excluding carboxylic acids is 3. The van der Waals surface area contributed by atoms with Gasteiger partial charge in [0.2, 0.25) is 5.91 Å². The first-order valence-corrected chi connectivity index (χ1v) is 14.2. The fourth-order valence-corrected chi connectivity index (χ4v) is 7.94. The molecule has 7 heteroatoms.